The van der Waals surface area contributed by atoms with E-state index in [0.29, 0.717) is 12.2 Å². The molecule has 2 rings (SSSR count). The molecule has 1 aromatic carbocycles. The molecule has 0 amide bonds. The van der Waals surface area contributed by atoms with E-state index in [9.17, 15) is 13.2 Å². The molecule has 0 aliphatic heterocycles. The lowest BCUT2D eigenvalue weighted by Gasteiger charge is -2.41. The zero-order chi connectivity index (χ0) is 15.7. The molecule has 0 saturated heterocycles. The minimum atomic E-state index is -4.46. The molecule has 2 nitrogen and oxygen atoms in total. The molecule has 1 fully saturated rings. The molecule has 1 aliphatic rings. The van der Waals surface area contributed by atoms with Crippen LogP contribution in [0.3, 0.4) is 0 Å². The molecule has 0 atom stereocenters. The van der Waals surface area contributed by atoms with Gasteiger partial charge in [0.2, 0.25) is 0 Å². The van der Waals surface area contributed by atoms with Crippen LogP contribution in [0.4, 0.5) is 18.9 Å². The number of hydrogen-bond acceptors (Lipinski definition) is 2. The van der Waals surface area contributed by atoms with Gasteiger partial charge in [0, 0.05) is 17.8 Å². The van der Waals surface area contributed by atoms with Gasteiger partial charge in [-0.2, -0.15) is 13.2 Å². The molecule has 1 aliphatic carbocycles. The maximum atomic E-state index is 13.1. The Morgan fingerprint density at radius 3 is 2.48 bits per heavy atom. The van der Waals surface area contributed by atoms with Gasteiger partial charge in [-0.3, -0.25) is 0 Å². The number of rotatable bonds is 5. The molecule has 0 bridgehead atoms. The molecule has 116 valence electrons. The highest BCUT2D eigenvalue weighted by molar-refractivity contribution is 7.80. The number of halogens is 3. The van der Waals surface area contributed by atoms with Gasteiger partial charge in [0.1, 0.15) is 4.99 Å². The lowest BCUT2D eigenvalue weighted by Crippen LogP contribution is -2.35. The Balaban J connectivity index is 2.20. The van der Waals surface area contributed by atoms with Crippen LogP contribution in [0, 0.1) is 5.41 Å². The van der Waals surface area contributed by atoms with E-state index in [-0.39, 0.29) is 16.0 Å². The van der Waals surface area contributed by atoms with Crippen molar-refractivity contribution in [2.24, 2.45) is 11.1 Å². The van der Waals surface area contributed by atoms with Gasteiger partial charge in [0.15, 0.2) is 0 Å². The lowest BCUT2D eigenvalue weighted by molar-refractivity contribution is -0.137. The van der Waals surface area contributed by atoms with Crippen LogP contribution in [-0.4, -0.2) is 11.5 Å². The topological polar surface area (TPSA) is 38.0 Å². The van der Waals surface area contributed by atoms with Crippen LogP contribution in [0.25, 0.3) is 0 Å². The molecule has 0 heterocycles. The van der Waals surface area contributed by atoms with Crippen molar-refractivity contribution in [3.05, 3.63) is 29.3 Å². The molecular formula is C15H19F3N2S. The van der Waals surface area contributed by atoms with Crippen LogP contribution in [0.2, 0.25) is 0 Å². The smallest absolute Gasteiger partial charge is 0.389 e. The summed E-state index contributed by atoms with van der Waals surface area (Å²) in [5.74, 6) is 0. The SMILES string of the molecule is CCC1(CNc2ccc(C(N)=S)c(C(F)(F)F)c2)CCC1. The summed E-state index contributed by atoms with van der Waals surface area (Å²) in [5, 5.41) is 3.13. The van der Waals surface area contributed by atoms with E-state index in [0.717, 1.165) is 25.3 Å². The van der Waals surface area contributed by atoms with Gasteiger partial charge < -0.3 is 11.1 Å². The molecule has 0 unspecified atom stereocenters. The molecule has 0 radical (unpaired) electrons. The summed E-state index contributed by atoms with van der Waals surface area (Å²) in [6.07, 6.45) is 0.0390. The fourth-order valence-electron chi connectivity index (χ4n) is 2.73. The van der Waals surface area contributed by atoms with E-state index in [4.69, 9.17) is 5.73 Å². The third-order valence-corrected chi connectivity index (χ3v) is 4.64. The highest BCUT2D eigenvalue weighted by Gasteiger charge is 2.36. The number of thiocarbonyl (C=S) groups is 1. The average Bonchev–Trinajstić information content (AvgIpc) is 2.36. The van der Waals surface area contributed by atoms with Crippen molar-refractivity contribution in [1.29, 1.82) is 0 Å². The second-order valence-corrected chi connectivity index (χ2v) is 6.12. The van der Waals surface area contributed by atoms with Crippen molar-refractivity contribution in [3.63, 3.8) is 0 Å². The Hall–Kier alpha value is -1.30. The van der Waals surface area contributed by atoms with E-state index in [1.54, 1.807) is 6.07 Å². The summed E-state index contributed by atoms with van der Waals surface area (Å²) >= 11 is 4.69. The quantitative estimate of drug-likeness (QED) is 0.794. The third-order valence-electron chi connectivity index (χ3n) is 4.42. The third kappa shape index (κ3) is 3.48. The summed E-state index contributed by atoms with van der Waals surface area (Å²) in [4.78, 5) is -0.238. The van der Waals surface area contributed by atoms with Gasteiger partial charge in [-0.25, -0.2) is 0 Å². The molecule has 1 saturated carbocycles. The van der Waals surface area contributed by atoms with Gasteiger partial charge >= 0.3 is 6.18 Å². The molecule has 3 N–H and O–H groups in total. The Labute approximate surface area is 127 Å². The van der Waals surface area contributed by atoms with Crippen molar-refractivity contribution < 1.29 is 13.2 Å². The lowest BCUT2D eigenvalue weighted by atomic mass is 9.67. The number of nitrogens with two attached hydrogens (primary N) is 1. The Morgan fingerprint density at radius 2 is 2.05 bits per heavy atom. The summed E-state index contributed by atoms with van der Waals surface area (Å²) < 4.78 is 39.2. The zero-order valence-electron chi connectivity index (χ0n) is 11.9. The molecule has 21 heavy (non-hydrogen) atoms. The van der Waals surface area contributed by atoms with Crippen LogP contribution >= 0.6 is 12.2 Å². The number of anilines is 1. The Bertz CT molecular complexity index is 531. The maximum absolute atomic E-state index is 13.1. The first-order chi connectivity index (χ1) is 9.77. The minimum Gasteiger partial charge on any atom is -0.389 e. The van der Waals surface area contributed by atoms with Crippen LogP contribution in [-0.2, 0) is 6.18 Å². The zero-order valence-corrected chi connectivity index (χ0v) is 12.7. The predicted octanol–water partition coefficient (Wildman–Crippen LogP) is 4.33. The maximum Gasteiger partial charge on any atom is 0.417 e. The van der Waals surface area contributed by atoms with E-state index in [1.807, 2.05) is 0 Å². The normalized spacial score (nSPS) is 17.1. The molecule has 1 aromatic rings. The number of nitrogens with one attached hydrogen (secondary N) is 1. The van der Waals surface area contributed by atoms with Crippen LogP contribution in [0.1, 0.15) is 43.7 Å². The largest absolute Gasteiger partial charge is 0.417 e. The Kier molecular flexibility index (Phi) is 4.46. The van der Waals surface area contributed by atoms with Gasteiger partial charge in [0.05, 0.1) is 5.56 Å². The van der Waals surface area contributed by atoms with Gasteiger partial charge in [-0.05, 0) is 42.9 Å². The minimum absolute atomic E-state index is 0.128. The first-order valence-corrected chi connectivity index (χ1v) is 7.43. The first-order valence-electron chi connectivity index (χ1n) is 7.02. The Morgan fingerprint density at radius 1 is 1.38 bits per heavy atom. The monoisotopic (exact) mass is 316 g/mol. The van der Waals surface area contributed by atoms with E-state index >= 15 is 0 Å². The van der Waals surface area contributed by atoms with E-state index in [2.05, 4.69) is 24.5 Å². The van der Waals surface area contributed by atoms with Crippen molar-refractivity contribution in [3.8, 4) is 0 Å². The van der Waals surface area contributed by atoms with Crippen LogP contribution < -0.4 is 11.1 Å². The van der Waals surface area contributed by atoms with Gasteiger partial charge in [-0.15, -0.1) is 0 Å². The summed E-state index contributed by atoms with van der Waals surface area (Å²) in [7, 11) is 0. The summed E-state index contributed by atoms with van der Waals surface area (Å²) in [6.45, 7) is 2.82. The van der Waals surface area contributed by atoms with Crippen molar-refractivity contribution >= 4 is 22.9 Å². The van der Waals surface area contributed by atoms with Gasteiger partial charge in [0.25, 0.3) is 0 Å². The molecule has 6 heteroatoms. The molecular weight excluding hydrogens is 297 g/mol. The van der Waals surface area contributed by atoms with Crippen LogP contribution in [0.15, 0.2) is 18.2 Å². The van der Waals surface area contributed by atoms with E-state index in [1.165, 1.54) is 12.5 Å². The fraction of sp³-hybridized carbons (Fsp3) is 0.533. The second-order valence-electron chi connectivity index (χ2n) is 5.68. The fourth-order valence-corrected chi connectivity index (χ4v) is 2.90. The summed E-state index contributed by atoms with van der Waals surface area (Å²) in [6, 6.07) is 4.04. The molecule has 0 spiro atoms. The number of alkyl halides is 3. The van der Waals surface area contributed by atoms with Crippen molar-refractivity contribution in [1.82, 2.24) is 0 Å². The number of hydrogen-bond donors (Lipinski definition) is 2. The average molecular weight is 316 g/mol. The second kappa shape index (κ2) is 5.83. The van der Waals surface area contributed by atoms with Crippen LogP contribution in [0.5, 0.6) is 0 Å². The van der Waals surface area contributed by atoms with E-state index < -0.39 is 11.7 Å². The van der Waals surface area contributed by atoms with Crippen molar-refractivity contribution in [2.45, 2.75) is 38.8 Å². The van der Waals surface area contributed by atoms with Gasteiger partial charge in [-0.1, -0.05) is 25.6 Å². The number of benzene rings is 1. The first kappa shape index (κ1) is 16.1. The van der Waals surface area contributed by atoms with Crippen molar-refractivity contribution in [2.75, 3.05) is 11.9 Å². The predicted molar refractivity (Wildman–Crippen MR) is 82.4 cm³/mol. The highest BCUT2D eigenvalue weighted by Crippen LogP contribution is 2.44. The molecule has 0 aromatic heterocycles. The standard InChI is InChI=1S/C15H19F3N2S/c1-2-14(6-3-7-14)9-20-10-4-5-11(13(19)21)12(8-10)15(16,17)18/h4-5,8,20H,2-3,6-7,9H2,1H3,(H2,19,21). The summed E-state index contributed by atoms with van der Waals surface area (Å²) in [5.41, 5.74) is 5.16. The highest BCUT2D eigenvalue weighted by atomic mass is 32.1.